The van der Waals surface area contributed by atoms with Crippen molar-refractivity contribution in [2.45, 2.75) is 0 Å². The van der Waals surface area contributed by atoms with Crippen molar-refractivity contribution in [1.29, 1.82) is 0 Å². The van der Waals surface area contributed by atoms with Crippen LogP contribution in [0.1, 0.15) is 5.56 Å². The number of ether oxygens (including phenoxy) is 3. The Kier molecular flexibility index (Phi) is 6.27. The second kappa shape index (κ2) is 9.05. The Morgan fingerprint density at radius 2 is 2.00 bits per heavy atom. The minimum atomic E-state index is -0.249. The summed E-state index contributed by atoms with van der Waals surface area (Å²) in [5.41, 5.74) is 1.40. The lowest BCUT2D eigenvalue weighted by molar-refractivity contribution is -0.111. The molecule has 0 unspecified atom stereocenters. The van der Waals surface area contributed by atoms with Crippen molar-refractivity contribution in [2.24, 2.45) is 0 Å². The maximum absolute atomic E-state index is 12.2. The van der Waals surface area contributed by atoms with Crippen molar-refractivity contribution in [3.63, 3.8) is 0 Å². The molecule has 1 fully saturated rings. The van der Waals surface area contributed by atoms with Crippen LogP contribution in [0.3, 0.4) is 0 Å². The van der Waals surface area contributed by atoms with E-state index < -0.39 is 0 Å². The lowest BCUT2D eigenvalue weighted by Gasteiger charge is -2.27. The second-order valence-electron chi connectivity index (χ2n) is 5.93. The fraction of sp³-hybridized carbons (Fsp3) is 0.300. The number of hydrogen-bond acceptors (Lipinski definition) is 6. The number of amides is 1. The molecule has 1 saturated heterocycles. The molecule has 1 aromatic carbocycles. The minimum Gasteiger partial charge on any atom is -0.497 e. The predicted octanol–water partition coefficient (Wildman–Crippen LogP) is 2.59. The van der Waals surface area contributed by atoms with Crippen LogP contribution in [0.25, 0.3) is 6.08 Å². The molecule has 2 heterocycles. The fourth-order valence-corrected chi connectivity index (χ4v) is 2.76. The fourth-order valence-electron chi connectivity index (χ4n) is 2.76. The zero-order chi connectivity index (χ0) is 19.1. The monoisotopic (exact) mass is 369 g/mol. The highest BCUT2D eigenvalue weighted by molar-refractivity contribution is 6.02. The minimum absolute atomic E-state index is 0.249. The summed E-state index contributed by atoms with van der Waals surface area (Å²) in [7, 11) is 3.18. The van der Waals surface area contributed by atoms with Crippen molar-refractivity contribution in [1.82, 2.24) is 4.98 Å². The van der Waals surface area contributed by atoms with Crippen molar-refractivity contribution in [3.8, 4) is 11.5 Å². The number of anilines is 2. The van der Waals surface area contributed by atoms with Crippen LogP contribution < -0.4 is 19.7 Å². The third-order valence-electron chi connectivity index (χ3n) is 4.20. The molecule has 2 aromatic rings. The molecule has 27 heavy (non-hydrogen) atoms. The molecule has 3 rings (SSSR count). The van der Waals surface area contributed by atoms with E-state index in [-0.39, 0.29) is 5.91 Å². The molecule has 1 aliphatic heterocycles. The summed E-state index contributed by atoms with van der Waals surface area (Å²) in [5.74, 6) is 1.99. The van der Waals surface area contributed by atoms with Gasteiger partial charge in [-0.1, -0.05) is 0 Å². The van der Waals surface area contributed by atoms with Gasteiger partial charge in [0.15, 0.2) is 0 Å². The molecule has 0 aliphatic carbocycles. The molecule has 0 atom stereocenters. The molecule has 1 aromatic heterocycles. The molecular weight excluding hydrogens is 346 g/mol. The third-order valence-corrected chi connectivity index (χ3v) is 4.20. The van der Waals surface area contributed by atoms with Gasteiger partial charge in [-0.3, -0.25) is 4.79 Å². The Hall–Kier alpha value is -3.06. The molecule has 142 valence electrons. The summed E-state index contributed by atoms with van der Waals surface area (Å²) in [6, 6.07) is 9.15. The van der Waals surface area contributed by atoms with Crippen LogP contribution in [-0.4, -0.2) is 51.4 Å². The molecular formula is C20H23N3O4. The average molecular weight is 369 g/mol. The number of methoxy groups -OCH3 is 2. The van der Waals surface area contributed by atoms with Gasteiger partial charge in [0, 0.05) is 24.7 Å². The van der Waals surface area contributed by atoms with E-state index in [9.17, 15) is 4.79 Å². The van der Waals surface area contributed by atoms with Gasteiger partial charge >= 0.3 is 0 Å². The number of pyridine rings is 1. The standard InChI is InChI=1S/C20H23N3O4/c1-25-17-5-6-18(26-2)15(13-17)3-8-20(24)22-16-4-7-19(21-14-16)23-9-11-27-12-10-23/h3-8,13-14H,9-12H2,1-2H3,(H,22,24)/b8-3+. The Labute approximate surface area is 158 Å². The predicted molar refractivity (Wildman–Crippen MR) is 104 cm³/mol. The van der Waals surface area contributed by atoms with Crippen LogP contribution in [0.2, 0.25) is 0 Å². The number of morpholine rings is 1. The van der Waals surface area contributed by atoms with E-state index in [0.29, 0.717) is 30.4 Å². The second-order valence-corrected chi connectivity index (χ2v) is 5.93. The third kappa shape index (κ3) is 4.98. The highest BCUT2D eigenvalue weighted by atomic mass is 16.5. The summed E-state index contributed by atoms with van der Waals surface area (Å²) < 4.78 is 15.9. The summed E-state index contributed by atoms with van der Waals surface area (Å²) in [6.45, 7) is 3.06. The van der Waals surface area contributed by atoms with Gasteiger partial charge in [-0.2, -0.15) is 0 Å². The maximum atomic E-state index is 12.2. The Morgan fingerprint density at radius 1 is 1.19 bits per heavy atom. The summed E-state index contributed by atoms with van der Waals surface area (Å²) in [5, 5.41) is 2.80. The molecule has 7 nitrogen and oxygen atoms in total. The van der Waals surface area contributed by atoms with Gasteiger partial charge in [-0.05, 0) is 36.4 Å². The number of aromatic nitrogens is 1. The molecule has 0 radical (unpaired) electrons. The Morgan fingerprint density at radius 3 is 2.67 bits per heavy atom. The molecule has 0 bridgehead atoms. The van der Waals surface area contributed by atoms with Gasteiger partial charge in [-0.15, -0.1) is 0 Å². The first-order valence-electron chi connectivity index (χ1n) is 8.69. The maximum Gasteiger partial charge on any atom is 0.248 e. The largest absolute Gasteiger partial charge is 0.497 e. The Bertz CT molecular complexity index is 799. The van der Waals surface area contributed by atoms with Crippen LogP contribution in [-0.2, 0) is 9.53 Å². The molecule has 1 amide bonds. The summed E-state index contributed by atoms with van der Waals surface area (Å²) >= 11 is 0. The quantitative estimate of drug-likeness (QED) is 0.789. The van der Waals surface area contributed by atoms with E-state index in [1.807, 2.05) is 12.1 Å². The van der Waals surface area contributed by atoms with Gasteiger partial charge in [0.25, 0.3) is 0 Å². The summed E-state index contributed by atoms with van der Waals surface area (Å²) in [6.07, 6.45) is 4.79. The lowest BCUT2D eigenvalue weighted by atomic mass is 10.1. The van der Waals surface area contributed by atoms with Crippen LogP contribution in [0.4, 0.5) is 11.5 Å². The van der Waals surface area contributed by atoms with E-state index >= 15 is 0 Å². The molecule has 1 N–H and O–H groups in total. The van der Waals surface area contributed by atoms with Crippen LogP contribution in [0, 0.1) is 0 Å². The number of carbonyl (C=O) groups excluding carboxylic acids is 1. The van der Waals surface area contributed by atoms with E-state index in [2.05, 4.69) is 15.2 Å². The smallest absolute Gasteiger partial charge is 0.248 e. The Balaban J connectivity index is 1.63. The van der Waals surface area contributed by atoms with Crippen molar-refractivity contribution >= 4 is 23.5 Å². The van der Waals surface area contributed by atoms with E-state index in [0.717, 1.165) is 24.5 Å². The number of carbonyl (C=O) groups is 1. The first kappa shape index (κ1) is 18.7. The van der Waals surface area contributed by atoms with Crippen LogP contribution in [0.15, 0.2) is 42.6 Å². The topological polar surface area (TPSA) is 72.9 Å². The normalized spacial score (nSPS) is 14.2. The zero-order valence-corrected chi connectivity index (χ0v) is 15.5. The van der Waals surface area contributed by atoms with Gasteiger partial charge in [0.1, 0.15) is 17.3 Å². The molecule has 7 heteroatoms. The van der Waals surface area contributed by atoms with Gasteiger partial charge in [-0.25, -0.2) is 4.98 Å². The highest BCUT2D eigenvalue weighted by Gasteiger charge is 2.12. The first-order valence-corrected chi connectivity index (χ1v) is 8.69. The van der Waals surface area contributed by atoms with Gasteiger partial charge in [0.2, 0.25) is 5.91 Å². The van der Waals surface area contributed by atoms with Crippen molar-refractivity contribution in [2.75, 3.05) is 50.7 Å². The molecule has 0 spiro atoms. The number of rotatable bonds is 6. The van der Waals surface area contributed by atoms with E-state index in [1.165, 1.54) is 6.08 Å². The zero-order valence-electron chi connectivity index (χ0n) is 15.5. The number of nitrogens with zero attached hydrogens (tertiary/aromatic N) is 2. The van der Waals surface area contributed by atoms with Gasteiger partial charge < -0.3 is 24.4 Å². The van der Waals surface area contributed by atoms with Crippen LogP contribution >= 0.6 is 0 Å². The lowest BCUT2D eigenvalue weighted by Crippen LogP contribution is -2.36. The van der Waals surface area contributed by atoms with Crippen molar-refractivity contribution in [3.05, 3.63) is 48.2 Å². The van der Waals surface area contributed by atoms with E-state index in [1.54, 1.807) is 44.7 Å². The SMILES string of the molecule is COc1ccc(OC)c(/C=C/C(=O)Nc2ccc(N3CCOCC3)nc2)c1. The number of benzene rings is 1. The van der Waals surface area contributed by atoms with E-state index in [4.69, 9.17) is 14.2 Å². The molecule has 1 aliphatic rings. The number of hydrogen-bond donors (Lipinski definition) is 1. The number of nitrogens with one attached hydrogen (secondary N) is 1. The summed E-state index contributed by atoms with van der Waals surface area (Å²) in [4.78, 5) is 18.8. The van der Waals surface area contributed by atoms with Crippen LogP contribution in [0.5, 0.6) is 11.5 Å². The van der Waals surface area contributed by atoms with Crippen molar-refractivity contribution < 1.29 is 19.0 Å². The molecule has 0 saturated carbocycles. The first-order chi connectivity index (χ1) is 13.2. The highest BCUT2D eigenvalue weighted by Crippen LogP contribution is 2.25. The average Bonchev–Trinajstić information content (AvgIpc) is 2.73. The van der Waals surface area contributed by atoms with Gasteiger partial charge in [0.05, 0.1) is 39.3 Å².